The molecule has 0 aromatic rings. The molecule has 0 unspecified atom stereocenters. The fraction of sp³-hybridized carbons (Fsp3) is 0.900. The molecule has 0 radical (unpaired) electrons. The van der Waals surface area contributed by atoms with Crippen molar-refractivity contribution >= 4 is 6.09 Å². The Morgan fingerprint density at radius 3 is 2.50 bits per heavy atom. The van der Waals surface area contributed by atoms with E-state index >= 15 is 0 Å². The molecule has 0 aromatic heterocycles. The zero-order valence-electron chi connectivity index (χ0n) is 8.65. The minimum absolute atomic E-state index is 0.236. The molecule has 1 rings (SSSR count). The summed E-state index contributed by atoms with van der Waals surface area (Å²) >= 11 is 0. The van der Waals surface area contributed by atoms with Crippen LogP contribution in [0.1, 0.15) is 26.2 Å². The number of rotatable bonds is 3. The Morgan fingerprint density at radius 2 is 2.07 bits per heavy atom. The Labute approximate surface area is 84.5 Å². The van der Waals surface area contributed by atoms with Gasteiger partial charge in [-0.15, -0.1) is 0 Å². The van der Waals surface area contributed by atoms with Crippen molar-refractivity contribution in [2.45, 2.75) is 26.2 Å². The van der Waals surface area contributed by atoms with Crippen LogP contribution >= 0.6 is 0 Å². The first-order valence-electron chi connectivity index (χ1n) is 5.24. The van der Waals surface area contributed by atoms with E-state index in [2.05, 4.69) is 6.92 Å². The second-order valence-electron chi connectivity index (χ2n) is 4.10. The van der Waals surface area contributed by atoms with E-state index in [0.717, 1.165) is 19.3 Å². The number of nitrogens with zero attached hydrogens (tertiary/aromatic N) is 1. The van der Waals surface area contributed by atoms with Gasteiger partial charge in [0.25, 0.3) is 0 Å². The number of amides is 1. The lowest BCUT2D eigenvalue weighted by Gasteiger charge is -2.33. The molecule has 2 N–H and O–H groups in total. The number of carboxylic acid groups (broad SMARTS) is 1. The standard InChI is InChI=1S/C10H19NO3/c1-8(4-7-12)9-2-5-11(6-3-9)10(13)14/h8-9,12H,2-7H2,1H3,(H,13,14)/t8-/m1/s1. The Bertz CT molecular complexity index is 188. The summed E-state index contributed by atoms with van der Waals surface area (Å²) < 4.78 is 0. The molecule has 14 heavy (non-hydrogen) atoms. The number of carbonyl (C=O) groups is 1. The second kappa shape index (κ2) is 5.20. The van der Waals surface area contributed by atoms with Crippen molar-refractivity contribution in [3.8, 4) is 0 Å². The average molecular weight is 201 g/mol. The molecule has 1 fully saturated rings. The van der Waals surface area contributed by atoms with Crippen molar-refractivity contribution in [2.24, 2.45) is 11.8 Å². The number of aliphatic hydroxyl groups excluding tert-OH is 1. The molecule has 1 amide bonds. The van der Waals surface area contributed by atoms with Crippen molar-refractivity contribution in [3.63, 3.8) is 0 Å². The van der Waals surface area contributed by atoms with Gasteiger partial charge >= 0.3 is 6.09 Å². The lowest BCUT2D eigenvalue weighted by atomic mass is 9.84. The largest absolute Gasteiger partial charge is 0.465 e. The molecule has 0 aliphatic carbocycles. The van der Waals surface area contributed by atoms with Gasteiger partial charge in [-0.25, -0.2) is 4.79 Å². The summed E-state index contributed by atoms with van der Waals surface area (Å²) in [6.45, 7) is 3.67. The number of aliphatic hydroxyl groups is 1. The van der Waals surface area contributed by atoms with Gasteiger partial charge in [-0.1, -0.05) is 6.92 Å². The zero-order valence-corrected chi connectivity index (χ0v) is 8.65. The Morgan fingerprint density at radius 1 is 1.50 bits per heavy atom. The summed E-state index contributed by atoms with van der Waals surface area (Å²) in [5, 5.41) is 17.6. The molecule has 1 saturated heterocycles. The van der Waals surface area contributed by atoms with Gasteiger partial charge in [-0.3, -0.25) is 0 Å². The summed E-state index contributed by atoms with van der Waals surface area (Å²) in [5.41, 5.74) is 0. The van der Waals surface area contributed by atoms with E-state index in [4.69, 9.17) is 10.2 Å². The van der Waals surface area contributed by atoms with Crippen LogP contribution in [0.2, 0.25) is 0 Å². The predicted octanol–water partition coefficient (Wildman–Crippen LogP) is 1.39. The molecule has 1 atom stereocenters. The van der Waals surface area contributed by atoms with E-state index in [1.165, 1.54) is 4.90 Å². The van der Waals surface area contributed by atoms with Gasteiger partial charge in [0.2, 0.25) is 0 Å². The predicted molar refractivity (Wildman–Crippen MR) is 53.2 cm³/mol. The zero-order chi connectivity index (χ0) is 10.6. The van der Waals surface area contributed by atoms with Crippen LogP contribution in [0.25, 0.3) is 0 Å². The van der Waals surface area contributed by atoms with Gasteiger partial charge in [0.05, 0.1) is 0 Å². The topological polar surface area (TPSA) is 60.8 Å². The molecule has 1 aliphatic heterocycles. The first-order chi connectivity index (χ1) is 6.65. The molecule has 82 valence electrons. The maximum Gasteiger partial charge on any atom is 0.407 e. The van der Waals surface area contributed by atoms with Crippen LogP contribution < -0.4 is 0 Å². The van der Waals surface area contributed by atoms with Crippen LogP contribution in [-0.4, -0.2) is 40.9 Å². The van der Waals surface area contributed by atoms with Crippen LogP contribution in [0.4, 0.5) is 4.79 Å². The number of piperidine rings is 1. The van der Waals surface area contributed by atoms with Crippen molar-refractivity contribution < 1.29 is 15.0 Å². The van der Waals surface area contributed by atoms with Gasteiger partial charge in [0, 0.05) is 19.7 Å². The van der Waals surface area contributed by atoms with Crippen LogP contribution in [0.3, 0.4) is 0 Å². The van der Waals surface area contributed by atoms with Crippen molar-refractivity contribution in [2.75, 3.05) is 19.7 Å². The minimum atomic E-state index is -0.807. The third-order valence-electron chi connectivity index (χ3n) is 3.20. The van der Waals surface area contributed by atoms with Crippen LogP contribution in [0.5, 0.6) is 0 Å². The average Bonchev–Trinajstić information content (AvgIpc) is 2.18. The third kappa shape index (κ3) is 2.87. The number of hydrogen-bond acceptors (Lipinski definition) is 2. The van der Waals surface area contributed by atoms with E-state index in [1.54, 1.807) is 0 Å². The van der Waals surface area contributed by atoms with E-state index in [-0.39, 0.29) is 6.61 Å². The molecule has 0 spiro atoms. The Hall–Kier alpha value is -0.770. The van der Waals surface area contributed by atoms with Gasteiger partial charge < -0.3 is 15.1 Å². The highest BCUT2D eigenvalue weighted by Gasteiger charge is 2.25. The van der Waals surface area contributed by atoms with Gasteiger partial charge in [0.1, 0.15) is 0 Å². The molecular formula is C10H19NO3. The van der Waals surface area contributed by atoms with Crippen molar-refractivity contribution in [1.29, 1.82) is 0 Å². The number of likely N-dealkylation sites (tertiary alicyclic amines) is 1. The smallest absolute Gasteiger partial charge is 0.407 e. The molecule has 0 aromatic carbocycles. The highest BCUT2D eigenvalue weighted by atomic mass is 16.4. The van der Waals surface area contributed by atoms with Gasteiger partial charge in [0.15, 0.2) is 0 Å². The van der Waals surface area contributed by atoms with E-state index in [9.17, 15) is 4.79 Å². The fourth-order valence-corrected chi connectivity index (χ4v) is 2.10. The maximum absolute atomic E-state index is 10.6. The van der Waals surface area contributed by atoms with Crippen LogP contribution in [-0.2, 0) is 0 Å². The highest BCUT2D eigenvalue weighted by molar-refractivity contribution is 5.64. The first kappa shape index (κ1) is 11.3. The van der Waals surface area contributed by atoms with E-state index in [0.29, 0.717) is 24.9 Å². The molecule has 0 bridgehead atoms. The Balaban J connectivity index is 2.31. The molecule has 4 heteroatoms. The van der Waals surface area contributed by atoms with Gasteiger partial charge in [-0.05, 0) is 31.1 Å². The molecule has 1 aliphatic rings. The molecular weight excluding hydrogens is 182 g/mol. The van der Waals surface area contributed by atoms with E-state index < -0.39 is 6.09 Å². The van der Waals surface area contributed by atoms with Crippen molar-refractivity contribution in [3.05, 3.63) is 0 Å². The van der Waals surface area contributed by atoms with Crippen LogP contribution in [0.15, 0.2) is 0 Å². The normalized spacial score (nSPS) is 20.9. The molecule has 1 heterocycles. The summed E-state index contributed by atoms with van der Waals surface area (Å²) in [6, 6.07) is 0. The van der Waals surface area contributed by atoms with Crippen LogP contribution in [0, 0.1) is 11.8 Å². The minimum Gasteiger partial charge on any atom is -0.465 e. The second-order valence-corrected chi connectivity index (χ2v) is 4.10. The Kier molecular flexibility index (Phi) is 4.20. The first-order valence-corrected chi connectivity index (χ1v) is 5.24. The summed E-state index contributed by atoms with van der Waals surface area (Å²) in [5.74, 6) is 1.09. The molecule has 4 nitrogen and oxygen atoms in total. The maximum atomic E-state index is 10.6. The van der Waals surface area contributed by atoms with Crippen molar-refractivity contribution in [1.82, 2.24) is 4.90 Å². The summed E-state index contributed by atoms with van der Waals surface area (Å²) in [4.78, 5) is 12.1. The lowest BCUT2D eigenvalue weighted by Crippen LogP contribution is -2.39. The fourth-order valence-electron chi connectivity index (χ4n) is 2.10. The third-order valence-corrected chi connectivity index (χ3v) is 3.20. The highest BCUT2D eigenvalue weighted by Crippen LogP contribution is 2.26. The number of hydrogen-bond donors (Lipinski definition) is 2. The lowest BCUT2D eigenvalue weighted by molar-refractivity contribution is 0.109. The summed E-state index contributed by atoms with van der Waals surface area (Å²) in [6.07, 6.45) is 1.90. The monoisotopic (exact) mass is 201 g/mol. The quantitative estimate of drug-likeness (QED) is 0.725. The SMILES string of the molecule is C[C@H](CCO)C1CCN(C(=O)O)CC1. The van der Waals surface area contributed by atoms with Gasteiger partial charge in [-0.2, -0.15) is 0 Å². The summed E-state index contributed by atoms with van der Waals surface area (Å²) in [7, 11) is 0. The molecule has 0 saturated carbocycles. The van der Waals surface area contributed by atoms with E-state index in [1.807, 2.05) is 0 Å².